The van der Waals surface area contributed by atoms with Gasteiger partial charge in [-0.2, -0.15) is 0 Å². The Morgan fingerprint density at radius 1 is 0.742 bits per heavy atom. The van der Waals surface area contributed by atoms with Gasteiger partial charge >= 0.3 is 12.0 Å². The zero-order valence-corrected chi connectivity index (χ0v) is 60.1. The van der Waals surface area contributed by atoms with Crippen molar-refractivity contribution in [1.29, 1.82) is 0 Å². The first-order chi connectivity index (χ1) is 46.0. The van der Waals surface area contributed by atoms with E-state index >= 15 is 0 Å². The molecule has 2 saturated heterocycles. The van der Waals surface area contributed by atoms with Gasteiger partial charge in [-0.1, -0.05) is 131 Å². The molecule has 2 aliphatic heterocycles. The smallest absolute Gasteiger partial charge is 0.326 e. The van der Waals surface area contributed by atoms with E-state index in [-0.39, 0.29) is 104 Å². The minimum absolute atomic E-state index is 0.00583. The molecule has 2 aliphatic rings. The first kappa shape index (κ1) is 81.9. The second kappa shape index (κ2) is 41.0. The maximum absolute atomic E-state index is 15.0. The third-order valence-corrected chi connectivity index (χ3v) is 19.0. The van der Waals surface area contributed by atoms with Gasteiger partial charge in [0, 0.05) is 78.3 Å². The fourth-order valence-electron chi connectivity index (χ4n) is 13.4. The van der Waals surface area contributed by atoms with E-state index in [1.165, 1.54) is 19.1 Å². The largest absolute Gasteiger partial charge is 0.480 e. The number of urea groups is 1. The standard InChI is InChI=1S/C72H115N11O14/c1-15-25-51-42-59(85)83(69(51)91)37-22-18-21-30-58(84)79-61(45(5)6)67(89)76-53(28-23-36-74-72(73)95)66(88)75-52-33-31-49(32-34-52)35-39-80(11)62(46(7)8)68(90)77-54(40-44(3)4)70(92)81(12)63(47(9)16-2)57(96-13)43-60(86)82-38-24-29-56(82)64(97-14)48(10)65(87)78-55(71(93)94)41-50-26-19-17-20-27-50/h17,19-20,26-27,31-34,44-48,51,53-57,61-64H,15-16,18,21-25,28-30,35-43H2,1-14H3,(H,75,88)(H,76,89)(H,77,90)(H,78,87)(H,79,84)(H,93,94)(H3,73,74,95)/t47-,48+,51?,53-,54-,55-,56-,57+,61-,62-,63-,64+/m0/s1. The van der Waals surface area contributed by atoms with Crippen LogP contribution in [0, 0.1) is 35.5 Å². The fourth-order valence-corrected chi connectivity index (χ4v) is 13.4. The summed E-state index contributed by atoms with van der Waals surface area (Å²) in [7, 11) is 6.55. The highest BCUT2D eigenvalue weighted by atomic mass is 16.5. The van der Waals surface area contributed by atoms with E-state index in [1.54, 1.807) is 74.0 Å². The van der Waals surface area contributed by atoms with E-state index in [1.807, 2.05) is 78.6 Å². The molecule has 9 N–H and O–H groups in total. The third kappa shape index (κ3) is 25.4. The van der Waals surface area contributed by atoms with Gasteiger partial charge in [0.15, 0.2) is 0 Å². The van der Waals surface area contributed by atoms with Crippen molar-refractivity contribution >= 4 is 70.9 Å². The monoisotopic (exact) mass is 1360 g/mol. The molecular formula is C72H115N11O14. The van der Waals surface area contributed by atoms with Crippen molar-refractivity contribution < 1.29 is 67.3 Å². The predicted molar refractivity (Wildman–Crippen MR) is 371 cm³/mol. The SMILES string of the molecule is CCCC1CC(=O)N(CCCCCC(=O)N[C@H](C(=O)N[C@@H](CCCNC(N)=O)C(=O)Nc2ccc(CCN(C)[C@H](C(=O)N[C@@H](CC(C)C)C(=O)N(C)[C@@H]([C@@H](C)CC)[C@@H](CC(=O)N3CCC[C@H]3[C@H](OC)[C@@H](C)C(=O)N[C@@H](Cc3ccccc3)C(=O)O)OC)C(C)C)cc2)C(C)C)C1=O. The molecule has 1 unspecified atom stereocenters. The van der Waals surface area contributed by atoms with Crippen LogP contribution in [0.25, 0.3) is 0 Å². The maximum atomic E-state index is 15.0. The van der Waals surface area contributed by atoms with Crippen LogP contribution >= 0.6 is 0 Å². The average Bonchev–Trinajstić information content (AvgIpc) is 1.80. The first-order valence-electron chi connectivity index (χ1n) is 35.0. The van der Waals surface area contributed by atoms with Crippen molar-refractivity contribution in [2.45, 2.75) is 226 Å². The summed E-state index contributed by atoms with van der Waals surface area (Å²) >= 11 is 0. The number of hydrogen-bond acceptors (Lipinski definition) is 14. The van der Waals surface area contributed by atoms with Crippen LogP contribution in [-0.2, 0) is 70.3 Å². The summed E-state index contributed by atoms with van der Waals surface area (Å²) < 4.78 is 12.1. The van der Waals surface area contributed by atoms with Crippen LogP contribution in [-0.4, -0.2) is 199 Å². The molecule has 2 aromatic rings. The van der Waals surface area contributed by atoms with Gasteiger partial charge in [-0.3, -0.25) is 53.0 Å². The molecule has 0 radical (unpaired) electrons. The van der Waals surface area contributed by atoms with Crippen LogP contribution in [0.4, 0.5) is 10.5 Å². The number of amides is 11. The molecule has 542 valence electrons. The Kier molecular flexibility index (Phi) is 34.6. The summed E-state index contributed by atoms with van der Waals surface area (Å²) in [5.74, 6) is -6.01. The first-order valence-corrected chi connectivity index (χ1v) is 35.0. The van der Waals surface area contributed by atoms with E-state index in [9.17, 15) is 57.8 Å². The number of nitrogens with zero attached hydrogens (tertiary/aromatic N) is 4. The van der Waals surface area contributed by atoms with Crippen LogP contribution in [0.15, 0.2) is 54.6 Å². The predicted octanol–water partition coefficient (Wildman–Crippen LogP) is 6.20. The maximum Gasteiger partial charge on any atom is 0.326 e. The number of methoxy groups -OCH3 is 2. The zero-order chi connectivity index (χ0) is 72.2. The van der Waals surface area contributed by atoms with E-state index in [2.05, 4.69) is 31.9 Å². The number of carboxylic acids is 1. The minimum atomic E-state index is -1.18. The lowest BCUT2D eigenvalue weighted by Crippen LogP contribution is -2.59. The molecule has 0 bridgehead atoms. The average molecular weight is 1360 g/mol. The number of nitrogens with one attached hydrogen (secondary N) is 6. The number of carbonyl (C=O) groups is 11. The van der Waals surface area contributed by atoms with Crippen molar-refractivity contribution in [2.75, 3.05) is 59.8 Å². The molecule has 2 fully saturated rings. The Morgan fingerprint density at radius 3 is 1.99 bits per heavy atom. The van der Waals surface area contributed by atoms with E-state index in [0.29, 0.717) is 89.5 Å². The Bertz CT molecular complexity index is 2900. The van der Waals surface area contributed by atoms with Gasteiger partial charge in [-0.05, 0) is 112 Å². The summed E-state index contributed by atoms with van der Waals surface area (Å²) in [6, 6.07) is 9.64. The molecular weight excluding hydrogens is 1240 g/mol. The third-order valence-electron chi connectivity index (χ3n) is 19.0. The number of hydrogen-bond donors (Lipinski definition) is 8. The molecule has 2 heterocycles. The topological polar surface area (TPSA) is 338 Å². The molecule has 25 heteroatoms. The molecule has 4 rings (SSSR count). The molecule has 25 nitrogen and oxygen atoms in total. The van der Waals surface area contributed by atoms with Gasteiger partial charge in [0.25, 0.3) is 0 Å². The Hall–Kier alpha value is -7.51. The van der Waals surface area contributed by atoms with Crippen molar-refractivity contribution in [3.8, 4) is 0 Å². The molecule has 0 aliphatic carbocycles. The van der Waals surface area contributed by atoms with Gasteiger partial charge < -0.3 is 62.0 Å². The van der Waals surface area contributed by atoms with Crippen molar-refractivity contribution in [3.63, 3.8) is 0 Å². The van der Waals surface area contributed by atoms with Crippen LogP contribution in [0.5, 0.6) is 0 Å². The molecule has 12 atom stereocenters. The Balaban J connectivity index is 1.39. The van der Waals surface area contributed by atoms with Gasteiger partial charge in [-0.15, -0.1) is 0 Å². The molecule has 0 saturated carbocycles. The minimum Gasteiger partial charge on any atom is -0.480 e. The summed E-state index contributed by atoms with van der Waals surface area (Å²) in [4.78, 5) is 154. The summed E-state index contributed by atoms with van der Waals surface area (Å²) in [6.45, 7) is 20.4. The van der Waals surface area contributed by atoms with Gasteiger partial charge in [0.1, 0.15) is 24.2 Å². The van der Waals surface area contributed by atoms with Gasteiger partial charge in [-0.25, -0.2) is 9.59 Å². The van der Waals surface area contributed by atoms with E-state index < -0.39 is 90.1 Å². The van der Waals surface area contributed by atoms with Crippen molar-refractivity contribution in [2.24, 2.45) is 41.2 Å². The zero-order valence-electron chi connectivity index (χ0n) is 60.1. The Labute approximate surface area is 575 Å². The number of likely N-dealkylation sites (N-methyl/N-ethyl adjacent to an activating group) is 2. The number of rotatable bonds is 43. The highest BCUT2D eigenvalue weighted by molar-refractivity contribution is 6.03. The number of ether oxygens (including phenoxy) is 2. The molecule has 0 aromatic heterocycles. The quantitative estimate of drug-likeness (QED) is 0.0271. The highest BCUT2D eigenvalue weighted by Gasteiger charge is 2.44. The van der Waals surface area contributed by atoms with Crippen molar-refractivity contribution in [3.05, 3.63) is 65.7 Å². The lowest BCUT2D eigenvalue weighted by atomic mass is 9.89. The second-order valence-corrected chi connectivity index (χ2v) is 27.6. The number of imide groups is 1. The number of likely N-dealkylation sites (tertiary alicyclic amines) is 2. The normalized spacial score (nSPS) is 18.0. The number of carbonyl (C=O) groups excluding carboxylic acids is 10. The van der Waals surface area contributed by atoms with Crippen molar-refractivity contribution in [1.82, 2.24) is 46.2 Å². The molecule has 11 amide bonds. The lowest BCUT2D eigenvalue weighted by Gasteiger charge is -2.41. The van der Waals surface area contributed by atoms with Crippen LogP contribution in [0.2, 0.25) is 0 Å². The number of carboxylic acid groups (broad SMARTS) is 1. The number of unbranched alkanes of at least 4 members (excludes halogenated alkanes) is 2. The van der Waals surface area contributed by atoms with Crippen LogP contribution < -0.4 is 37.6 Å². The molecule has 0 spiro atoms. The van der Waals surface area contributed by atoms with E-state index in [0.717, 1.165) is 17.5 Å². The van der Waals surface area contributed by atoms with Gasteiger partial charge in [0.2, 0.25) is 53.2 Å². The van der Waals surface area contributed by atoms with E-state index in [4.69, 9.17) is 15.2 Å². The Morgan fingerprint density at radius 2 is 1.40 bits per heavy atom. The van der Waals surface area contributed by atoms with Crippen LogP contribution in [0.3, 0.4) is 0 Å². The number of anilines is 1. The number of aliphatic carboxylic acids is 1. The van der Waals surface area contributed by atoms with Gasteiger partial charge in [0.05, 0.1) is 42.7 Å². The summed E-state index contributed by atoms with van der Waals surface area (Å²) in [5, 5.41) is 26.9. The summed E-state index contributed by atoms with van der Waals surface area (Å²) in [5.41, 5.74) is 7.39. The highest BCUT2D eigenvalue weighted by Crippen LogP contribution is 2.31. The van der Waals surface area contributed by atoms with Crippen LogP contribution in [0.1, 0.15) is 170 Å². The number of benzene rings is 2. The second-order valence-electron chi connectivity index (χ2n) is 27.6. The molecule has 97 heavy (non-hydrogen) atoms. The molecule has 2 aromatic carbocycles. The fraction of sp³-hybridized carbons (Fsp3) is 0.681. The summed E-state index contributed by atoms with van der Waals surface area (Å²) in [6.07, 6.45) is 5.11. The lowest BCUT2D eigenvalue weighted by molar-refractivity contribution is -0.148. The number of primary amides is 1. The number of nitrogens with two attached hydrogens (primary N) is 1.